The molecule has 0 heterocycles. The fraction of sp³-hybridized carbons (Fsp3) is 0.333. The van der Waals surface area contributed by atoms with E-state index in [1.807, 2.05) is 38.2 Å². The third-order valence-electron chi connectivity index (χ3n) is 4.02. The number of ether oxygens (including phenoxy) is 1. The molecule has 6 nitrogen and oxygen atoms in total. The van der Waals surface area contributed by atoms with Gasteiger partial charge in [-0.3, -0.25) is 9.59 Å². The van der Waals surface area contributed by atoms with Gasteiger partial charge in [0.15, 0.2) is 6.54 Å². The van der Waals surface area contributed by atoms with Crippen LogP contribution >= 0.6 is 0 Å². The maximum absolute atomic E-state index is 12.3. The number of hydrogen-bond acceptors (Lipinski definition) is 3. The number of carbonyl (C=O) groups is 2. The summed E-state index contributed by atoms with van der Waals surface area (Å²) in [7, 11) is 5.40. The third kappa shape index (κ3) is 6.42. The Hall–Kier alpha value is -2.86. The number of anilines is 1. The summed E-state index contributed by atoms with van der Waals surface area (Å²) >= 11 is 0. The highest BCUT2D eigenvalue weighted by molar-refractivity contribution is 5.95. The molecule has 6 heteroatoms. The molecule has 0 saturated carbocycles. The summed E-state index contributed by atoms with van der Waals surface area (Å²) < 4.78 is 5.44. The van der Waals surface area contributed by atoms with Crippen molar-refractivity contribution in [2.45, 2.75) is 13.5 Å². The van der Waals surface area contributed by atoms with Gasteiger partial charge >= 0.3 is 0 Å². The van der Waals surface area contributed by atoms with E-state index < -0.39 is 0 Å². The number of amides is 2. The maximum atomic E-state index is 12.3. The summed E-state index contributed by atoms with van der Waals surface area (Å²) in [5, 5.41) is 2.88. The van der Waals surface area contributed by atoms with Crippen LogP contribution in [-0.2, 0) is 11.3 Å². The average Bonchev–Trinajstić information content (AvgIpc) is 2.63. The van der Waals surface area contributed by atoms with Crippen molar-refractivity contribution in [2.75, 3.05) is 39.6 Å². The number of quaternary nitrogens is 1. The van der Waals surface area contributed by atoms with Crippen molar-refractivity contribution in [3.05, 3.63) is 59.7 Å². The molecule has 2 rings (SSSR count). The van der Waals surface area contributed by atoms with Crippen LogP contribution in [0.5, 0.6) is 5.75 Å². The number of benzene rings is 2. The van der Waals surface area contributed by atoms with Gasteiger partial charge in [0.1, 0.15) is 12.3 Å². The molecule has 0 fully saturated rings. The van der Waals surface area contributed by atoms with Crippen LogP contribution in [0.4, 0.5) is 5.69 Å². The number of likely N-dealkylation sites (N-methyl/N-ethyl adjacent to an activating group) is 1. The molecule has 0 aromatic heterocycles. The fourth-order valence-electron chi connectivity index (χ4n) is 2.71. The lowest BCUT2D eigenvalue weighted by Gasteiger charge is -2.15. The molecule has 0 aliphatic heterocycles. The molecule has 2 amide bonds. The third-order valence-corrected chi connectivity index (χ3v) is 4.02. The smallest absolute Gasteiger partial charge is 0.279 e. The van der Waals surface area contributed by atoms with Crippen molar-refractivity contribution in [3.8, 4) is 5.75 Å². The topological polar surface area (TPSA) is 63.1 Å². The Morgan fingerprint density at radius 3 is 2.22 bits per heavy atom. The summed E-state index contributed by atoms with van der Waals surface area (Å²) in [5.41, 5.74) is 2.43. The van der Waals surface area contributed by atoms with Gasteiger partial charge in [0.2, 0.25) is 0 Å². The van der Waals surface area contributed by atoms with E-state index in [0.717, 1.165) is 22.8 Å². The summed E-state index contributed by atoms with van der Waals surface area (Å²) in [6.45, 7) is 3.70. The van der Waals surface area contributed by atoms with Crippen LogP contribution in [0.25, 0.3) is 0 Å². The Labute approximate surface area is 160 Å². The highest BCUT2D eigenvalue weighted by atomic mass is 16.5. The molecule has 2 N–H and O–H groups in total. The Balaban J connectivity index is 1.84. The first-order valence-corrected chi connectivity index (χ1v) is 9.03. The summed E-state index contributed by atoms with van der Waals surface area (Å²) in [5.74, 6) is 0.727. The molecular weight excluding hydrogens is 342 g/mol. The first-order valence-electron chi connectivity index (χ1n) is 9.03. The zero-order valence-electron chi connectivity index (χ0n) is 16.4. The van der Waals surface area contributed by atoms with Crippen molar-refractivity contribution >= 4 is 17.5 Å². The van der Waals surface area contributed by atoms with Crippen molar-refractivity contribution in [1.29, 1.82) is 0 Å². The zero-order valence-corrected chi connectivity index (χ0v) is 16.4. The standard InChI is InChI=1S/C21H27N3O3/c1-5-27-19-12-6-16(7-13-19)14-24(4)15-20(25)22-18-10-8-17(9-11-18)21(26)23(2)3/h6-13H,5,14-15H2,1-4H3,(H,22,25)/p+1. The fourth-order valence-corrected chi connectivity index (χ4v) is 2.71. The van der Waals surface area contributed by atoms with Crippen LogP contribution in [0.15, 0.2) is 48.5 Å². The van der Waals surface area contributed by atoms with Crippen LogP contribution in [0.1, 0.15) is 22.8 Å². The highest BCUT2D eigenvalue weighted by Crippen LogP contribution is 2.12. The van der Waals surface area contributed by atoms with E-state index in [1.54, 1.807) is 38.4 Å². The Morgan fingerprint density at radius 2 is 1.67 bits per heavy atom. The molecule has 1 unspecified atom stereocenters. The first-order chi connectivity index (χ1) is 12.9. The predicted molar refractivity (Wildman–Crippen MR) is 106 cm³/mol. The van der Waals surface area contributed by atoms with E-state index in [9.17, 15) is 9.59 Å². The molecule has 0 radical (unpaired) electrons. The second kappa shape index (κ2) is 9.73. The van der Waals surface area contributed by atoms with Gasteiger partial charge in [-0.2, -0.15) is 0 Å². The summed E-state index contributed by atoms with van der Waals surface area (Å²) in [6.07, 6.45) is 0. The van der Waals surface area contributed by atoms with E-state index in [-0.39, 0.29) is 11.8 Å². The van der Waals surface area contributed by atoms with Crippen LogP contribution in [-0.4, -0.2) is 51.0 Å². The molecule has 0 aliphatic rings. The molecule has 1 atom stereocenters. The van der Waals surface area contributed by atoms with Gasteiger partial charge in [-0.25, -0.2) is 0 Å². The van der Waals surface area contributed by atoms with Gasteiger partial charge < -0.3 is 19.9 Å². The average molecular weight is 370 g/mol. The minimum absolute atomic E-state index is 0.0626. The van der Waals surface area contributed by atoms with Crippen molar-refractivity contribution in [1.82, 2.24) is 4.90 Å². The molecule has 2 aromatic rings. The van der Waals surface area contributed by atoms with E-state index in [2.05, 4.69) is 5.32 Å². The van der Waals surface area contributed by atoms with E-state index in [4.69, 9.17) is 4.74 Å². The maximum Gasteiger partial charge on any atom is 0.279 e. The SMILES string of the molecule is CCOc1ccc(C[NH+](C)CC(=O)Nc2ccc(C(=O)N(C)C)cc2)cc1. The van der Waals surface area contributed by atoms with Crippen LogP contribution in [0.2, 0.25) is 0 Å². The lowest BCUT2D eigenvalue weighted by Crippen LogP contribution is -3.08. The number of carbonyl (C=O) groups excluding carboxylic acids is 2. The number of nitrogens with one attached hydrogen (secondary N) is 2. The molecule has 27 heavy (non-hydrogen) atoms. The van der Waals surface area contributed by atoms with Crippen LogP contribution < -0.4 is 15.0 Å². The lowest BCUT2D eigenvalue weighted by molar-refractivity contribution is -0.885. The Morgan fingerprint density at radius 1 is 1.04 bits per heavy atom. The van der Waals surface area contributed by atoms with Crippen molar-refractivity contribution < 1.29 is 19.2 Å². The van der Waals surface area contributed by atoms with Crippen molar-refractivity contribution in [2.24, 2.45) is 0 Å². The zero-order chi connectivity index (χ0) is 19.8. The van der Waals surface area contributed by atoms with Gasteiger partial charge in [0.05, 0.1) is 13.7 Å². The number of rotatable bonds is 8. The second-order valence-electron chi connectivity index (χ2n) is 6.71. The molecule has 0 saturated heterocycles. The monoisotopic (exact) mass is 370 g/mol. The van der Waals surface area contributed by atoms with Crippen LogP contribution in [0, 0.1) is 0 Å². The van der Waals surface area contributed by atoms with Gasteiger partial charge in [-0.15, -0.1) is 0 Å². The molecular formula is C21H28N3O3+. The van der Waals surface area contributed by atoms with Crippen LogP contribution in [0.3, 0.4) is 0 Å². The molecule has 0 aliphatic carbocycles. The molecule has 144 valence electrons. The minimum Gasteiger partial charge on any atom is -0.494 e. The Kier molecular flexibility index (Phi) is 7.37. The van der Waals surface area contributed by atoms with Gasteiger partial charge in [-0.05, 0) is 55.5 Å². The van der Waals surface area contributed by atoms with Gasteiger partial charge in [0.25, 0.3) is 11.8 Å². The summed E-state index contributed by atoms with van der Waals surface area (Å²) in [6, 6.07) is 14.9. The van der Waals surface area contributed by atoms with Crippen molar-refractivity contribution in [3.63, 3.8) is 0 Å². The second-order valence-corrected chi connectivity index (χ2v) is 6.71. The molecule has 0 bridgehead atoms. The van der Waals surface area contributed by atoms with E-state index in [0.29, 0.717) is 24.4 Å². The molecule has 0 spiro atoms. The minimum atomic E-state index is -0.0647. The lowest BCUT2D eigenvalue weighted by atomic mass is 10.2. The Bertz CT molecular complexity index is 755. The largest absolute Gasteiger partial charge is 0.494 e. The van der Waals surface area contributed by atoms with Gasteiger partial charge in [-0.1, -0.05) is 0 Å². The first kappa shape index (κ1) is 20.5. The number of nitrogens with zero attached hydrogens (tertiary/aromatic N) is 1. The molecule has 2 aromatic carbocycles. The predicted octanol–water partition coefficient (Wildman–Crippen LogP) is 1.44. The normalized spacial score (nSPS) is 11.6. The van der Waals surface area contributed by atoms with Gasteiger partial charge in [0, 0.05) is 30.9 Å². The quantitative estimate of drug-likeness (QED) is 0.739. The van der Waals surface area contributed by atoms with E-state index in [1.165, 1.54) is 4.90 Å². The number of hydrogen-bond donors (Lipinski definition) is 2. The summed E-state index contributed by atoms with van der Waals surface area (Å²) in [4.78, 5) is 26.7. The highest BCUT2D eigenvalue weighted by Gasteiger charge is 2.12. The van der Waals surface area contributed by atoms with E-state index >= 15 is 0 Å².